The van der Waals surface area contributed by atoms with Gasteiger partial charge in [-0.3, -0.25) is 0 Å². The van der Waals surface area contributed by atoms with Gasteiger partial charge < -0.3 is 10.6 Å². The van der Waals surface area contributed by atoms with Crippen molar-refractivity contribution in [3.05, 3.63) is 0 Å². The minimum absolute atomic E-state index is 1.12. The molecule has 0 aromatic heterocycles. The lowest BCUT2D eigenvalue weighted by atomic mass is 10.5. The smallest absolute Gasteiger partial charge is 0.0418 e. The van der Waals surface area contributed by atoms with Gasteiger partial charge in [0.2, 0.25) is 0 Å². The van der Waals surface area contributed by atoms with Crippen molar-refractivity contribution >= 4 is 47.0 Å². The summed E-state index contributed by atoms with van der Waals surface area (Å²) in [5.41, 5.74) is 0. The van der Waals surface area contributed by atoms with Crippen LogP contribution in [0.5, 0.6) is 0 Å². The molecule has 0 aromatic rings. The minimum atomic E-state index is 1.12. The summed E-state index contributed by atoms with van der Waals surface area (Å²) in [5, 5.41) is 7.03. The monoisotopic (exact) mass is 326 g/mol. The third kappa shape index (κ3) is 12.4. The van der Waals surface area contributed by atoms with Crippen molar-refractivity contribution in [2.45, 2.75) is 6.42 Å². The first-order chi connectivity index (χ1) is 9.00. The predicted octanol–water partition coefficient (Wildman–Crippen LogP) is 2.46. The van der Waals surface area contributed by atoms with Gasteiger partial charge in [0, 0.05) is 53.5 Å². The maximum absolute atomic E-state index is 3.52. The molecule has 0 saturated carbocycles. The summed E-state index contributed by atoms with van der Waals surface area (Å²) in [6, 6.07) is 0. The molecular formula is C12H26N2S4. The van der Waals surface area contributed by atoms with E-state index in [1.54, 1.807) is 0 Å². The summed E-state index contributed by atoms with van der Waals surface area (Å²) in [5.74, 6) is 10.2. The Morgan fingerprint density at radius 1 is 0.500 bits per heavy atom. The summed E-state index contributed by atoms with van der Waals surface area (Å²) in [7, 11) is 0. The fourth-order valence-corrected chi connectivity index (χ4v) is 5.33. The predicted molar refractivity (Wildman–Crippen MR) is 94.8 cm³/mol. The van der Waals surface area contributed by atoms with Crippen LogP contribution in [0.4, 0.5) is 0 Å². The molecule has 0 aliphatic carbocycles. The molecule has 6 heteroatoms. The van der Waals surface area contributed by atoms with Gasteiger partial charge in [0.05, 0.1) is 0 Å². The molecule has 0 bridgehead atoms. The van der Waals surface area contributed by atoms with E-state index >= 15 is 0 Å². The van der Waals surface area contributed by atoms with E-state index in [4.69, 9.17) is 0 Å². The lowest BCUT2D eigenvalue weighted by molar-refractivity contribution is 0.762. The minimum Gasteiger partial charge on any atom is -0.315 e. The second kappa shape index (κ2) is 14.7. The van der Waals surface area contributed by atoms with E-state index < -0.39 is 0 Å². The summed E-state index contributed by atoms with van der Waals surface area (Å²) in [4.78, 5) is 0. The standard InChI is InChI=1S/C12H26N2S4/c1-2-14-12-18-11-10-17-7-4-13-3-6-16-9-8-15-5-1/h13-14H,1-12H2. The number of hydrogen-bond donors (Lipinski definition) is 2. The van der Waals surface area contributed by atoms with Crippen molar-refractivity contribution in [2.75, 3.05) is 65.8 Å². The molecule has 0 radical (unpaired) electrons. The molecule has 18 heavy (non-hydrogen) atoms. The first kappa shape index (κ1) is 17.4. The van der Waals surface area contributed by atoms with E-state index in [2.05, 4.69) is 45.9 Å². The number of nitrogens with one attached hydrogen (secondary N) is 2. The molecule has 108 valence electrons. The van der Waals surface area contributed by atoms with Crippen LogP contribution in [0.15, 0.2) is 0 Å². The van der Waals surface area contributed by atoms with Gasteiger partial charge in [0.1, 0.15) is 0 Å². The zero-order valence-corrected chi connectivity index (χ0v) is 14.4. The van der Waals surface area contributed by atoms with Crippen LogP contribution in [0.25, 0.3) is 0 Å². The van der Waals surface area contributed by atoms with E-state index in [9.17, 15) is 0 Å². The Labute approximate surface area is 129 Å². The molecule has 1 heterocycles. The maximum atomic E-state index is 3.52. The van der Waals surface area contributed by atoms with Crippen LogP contribution in [0.3, 0.4) is 0 Å². The second-order valence-electron chi connectivity index (χ2n) is 3.99. The average molecular weight is 327 g/mol. The molecule has 1 saturated heterocycles. The number of rotatable bonds is 0. The van der Waals surface area contributed by atoms with Gasteiger partial charge in [-0.15, -0.1) is 11.8 Å². The molecule has 0 amide bonds. The molecule has 2 nitrogen and oxygen atoms in total. The SMILES string of the molecule is C1CNCSCCSCCNCCSCCSC1. The van der Waals surface area contributed by atoms with Crippen molar-refractivity contribution in [3.63, 3.8) is 0 Å². The normalized spacial score (nSPS) is 24.0. The molecule has 1 fully saturated rings. The summed E-state index contributed by atoms with van der Waals surface area (Å²) < 4.78 is 0. The molecule has 0 atom stereocenters. The van der Waals surface area contributed by atoms with E-state index in [-0.39, 0.29) is 0 Å². The first-order valence-corrected chi connectivity index (χ1v) is 11.3. The quantitative estimate of drug-likeness (QED) is 0.709. The Morgan fingerprint density at radius 2 is 1.11 bits per heavy atom. The van der Waals surface area contributed by atoms with Crippen molar-refractivity contribution in [2.24, 2.45) is 0 Å². The zero-order chi connectivity index (χ0) is 12.7. The Bertz CT molecular complexity index is 97.1. The topological polar surface area (TPSA) is 24.1 Å². The van der Waals surface area contributed by atoms with E-state index in [1.165, 1.54) is 66.3 Å². The summed E-state index contributed by atoms with van der Waals surface area (Å²) in [6.07, 6.45) is 1.31. The molecule has 1 rings (SSSR count). The van der Waals surface area contributed by atoms with Gasteiger partial charge in [-0.2, -0.15) is 35.3 Å². The first-order valence-electron chi connectivity index (χ1n) is 6.72. The third-order valence-corrected chi connectivity index (χ3v) is 6.90. The Kier molecular flexibility index (Phi) is 14.2. The molecule has 1 aliphatic rings. The lowest BCUT2D eigenvalue weighted by Gasteiger charge is -2.07. The highest BCUT2D eigenvalue weighted by Crippen LogP contribution is 2.08. The third-order valence-electron chi connectivity index (χ3n) is 2.44. The van der Waals surface area contributed by atoms with Crippen molar-refractivity contribution < 1.29 is 0 Å². The number of thioether (sulfide) groups is 4. The maximum Gasteiger partial charge on any atom is 0.0418 e. The van der Waals surface area contributed by atoms with Gasteiger partial charge in [-0.05, 0) is 18.7 Å². The molecule has 2 N–H and O–H groups in total. The van der Waals surface area contributed by atoms with E-state index in [0.717, 1.165) is 5.88 Å². The highest BCUT2D eigenvalue weighted by atomic mass is 32.2. The highest BCUT2D eigenvalue weighted by Gasteiger charge is 1.95. The molecule has 1 aliphatic heterocycles. The largest absolute Gasteiger partial charge is 0.315 e. The highest BCUT2D eigenvalue weighted by molar-refractivity contribution is 8.03. The van der Waals surface area contributed by atoms with Crippen LogP contribution in [0, 0.1) is 0 Å². The summed E-state index contributed by atoms with van der Waals surface area (Å²) in [6.45, 7) is 3.53. The van der Waals surface area contributed by atoms with Gasteiger partial charge >= 0.3 is 0 Å². The van der Waals surface area contributed by atoms with Crippen LogP contribution >= 0.6 is 47.0 Å². The molecule has 0 unspecified atom stereocenters. The van der Waals surface area contributed by atoms with Crippen LogP contribution < -0.4 is 10.6 Å². The molecule has 0 spiro atoms. The lowest BCUT2D eigenvalue weighted by Crippen LogP contribution is -2.20. The van der Waals surface area contributed by atoms with E-state index in [0.29, 0.717) is 0 Å². The molecule has 0 aromatic carbocycles. The van der Waals surface area contributed by atoms with Crippen LogP contribution in [-0.2, 0) is 0 Å². The summed E-state index contributed by atoms with van der Waals surface area (Å²) >= 11 is 8.30. The van der Waals surface area contributed by atoms with Gasteiger partial charge in [0.15, 0.2) is 0 Å². The molecular weight excluding hydrogens is 300 g/mol. The Morgan fingerprint density at radius 3 is 1.83 bits per heavy atom. The van der Waals surface area contributed by atoms with Crippen molar-refractivity contribution in [1.82, 2.24) is 10.6 Å². The zero-order valence-electron chi connectivity index (χ0n) is 11.1. The fraction of sp³-hybridized carbons (Fsp3) is 1.00. The van der Waals surface area contributed by atoms with Crippen LogP contribution in [-0.4, -0.2) is 65.8 Å². The van der Waals surface area contributed by atoms with Gasteiger partial charge in [-0.25, -0.2) is 0 Å². The second-order valence-corrected chi connectivity index (χ2v) is 8.77. The van der Waals surface area contributed by atoms with Gasteiger partial charge in [-0.1, -0.05) is 0 Å². The average Bonchev–Trinajstić information content (AvgIpc) is 2.39. The van der Waals surface area contributed by atoms with Crippen LogP contribution in [0.2, 0.25) is 0 Å². The van der Waals surface area contributed by atoms with Crippen molar-refractivity contribution in [3.8, 4) is 0 Å². The van der Waals surface area contributed by atoms with Crippen LogP contribution in [0.1, 0.15) is 6.42 Å². The number of hydrogen-bond acceptors (Lipinski definition) is 6. The van der Waals surface area contributed by atoms with Gasteiger partial charge in [0.25, 0.3) is 0 Å². The fourth-order valence-electron chi connectivity index (χ4n) is 1.47. The Balaban J connectivity index is 2.00. The van der Waals surface area contributed by atoms with Crippen molar-refractivity contribution in [1.29, 1.82) is 0 Å². The van der Waals surface area contributed by atoms with E-state index in [1.807, 2.05) is 11.8 Å². The Hall–Kier alpha value is 1.32.